The van der Waals surface area contributed by atoms with Crippen LogP contribution in [0.3, 0.4) is 0 Å². The Bertz CT molecular complexity index is 1720. The third-order valence-electron chi connectivity index (χ3n) is 5.61. The van der Waals surface area contributed by atoms with Crippen molar-refractivity contribution in [2.24, 2.45) is 11.4 Å². The Hall–Kier alpha value is -4.84. The summed E-state index contributed by atoms with van der Waals surface area (Å²) in [5.41, 5.74) is 8.64. The summed E-state index contributed by atoms with van der Waals surface area (Å²) in [7, 11) is -1.57. The zero-order valence-electron chi connectivity index (χ0n) is 20.7. The Morgan fingerprint density at radius 2 is 1.79 bits per heavy atom. The number of aromatic carboxylic acids is 1. The number of hydrogen-bond acceptors (Lipinski definition) is 7. The van der Waals surface area contributed by atoms with Gasteiger partial charge in [0.15, 0.2) is 0 Å². The minimum absolute atomic E-state index is 0.0398. The lowest BCUT2D eigenvalue weighted by Gasteiger charge is -2.10. The van der Waals surface area contributed by atoms with Gasteiger partial charge in [0.1, 0.15) is 11.5 Å². The average molecular weight is 533 g/mol. The van der Waals surface area contributed by atoms with Gasteiger partial charge in [-0.1, -0.05) is 18.2 Å². The highest BCUT2D eigenvalue weighted by Gasteiger charge is 2.17. The molecule has 4 aromatic rings. The Balaban J connectivity index is 1.64. The summed E-state index contributed by atoms with van der Waals surface area (Å²) >= 11 is 0. The van der Waals surface area contributed by atoms with Crippen molar-refractivity contribution in [3.05, 3.63) is 89.4 Å². The molecule has 38 heavy (non-hydrogen) atoms. The lowest BCUT2D eigenvalue weighted by Crippen LogP contribution is -2.16. The number of carbonyl (C=O) groups is 3. The summed E-state index contributed by atoms with van der Waals surface area (Å²) in [6.45, 7) is 1.79. The zero-order valence-corrected chi connectivity index (χ0v) is 21.5. The molecule has 2 amide bonds. The number of nitrogens with one attached hydrogen (secondary N) is 1. The quantitative estimate of drug-likeness (QED) is 0.338. The number of anilines is 2. The summed E-state index contributed by atoms with van der Waals surface area (Å²) in [6.07, 6.45) is 2.48. The highest BCUT2D eigenvalue weighted by molar-refractivity contribution is 7.93. The summed E-state index contributed by atoms with van der Waals surface area (Å²) in [5, 5.41) is 16.2. The molecule has 1 unspecified atom stereocenters. The molecule has 0 spiro atoms. The number of rotatable bonds is 6. The van der Waals surface area contributed by atoms with Crippen LogP contribution in [0.25, 0.3) is 11.1 Å². The monoisotopic (exact) mass is 532 g/mol. The smallest absolute Gasteiger partial charge is 0.335 e. The number of benzene rings is 2. The second-order valence-corrected chi connectivity index (χ2v) is 10.8. The molecule has 0 aliphatic rings. The van der Waals surface area contributed by atoms with E-state index >= 15 is 0 Å². The third-order valence-corrected chi connectivity index (χ3v) is 7.25. The largest absolute Gasteiger partial charge is 0.478 e. The first-order chi connectivity index (χ1) is 17.9. The van der Waals surface area contributed by atoms with Crippen LogP contribution >= 0.6 is 0 Å². The van der Waals surface area contributed by atoms with Crippen LogP contribution in [0.5, 0.6) is 0 Å². The van der Waals surface area contributed by atoms with Crippen molar-refractivity contribution < 1.29 is 23.7 Å². The molecule has 0 radical (unpaired) electrons. The molecule has 2 heterocycles. The van der Waals surface area contributed by atoms with Crippen LogP contribution in [-0.2, 0) is 16.8 Å². The number of amides is 2. The van der Waals surface area contributed by atoms with E-state index in [9.17, 15) is 23.7 Å². The van der Waals surface area contributed by atoms with E-state index in [1.54, 1.807) is 44.3 Å². The normalized spacial score (nSPS) is 12.4. The van der Waals surface area contributed by atoms with Crippen molar-refractivity contribution in [2.75, 3.05) is 17.3 Å². The van der Waals surface area contributed by atoms with Crippen molar-refractivity contribution in [2.45, 2.75) is 11.8 Å². The molecule has 0 bridgehead atoms. The van der Waals surface area contributed by atoms with E-state index in [2.05, 4.69) is 19.8 Å². The van der Waals surface area contributed by atoms with Gasteiger partial charge in [0.2, 0.25) is 0 Å². The highest BCUT2D eigenvalue weighted by atomic mass is 32.2. The number of aromatic nitrogens is 3. The van der Waals surface area contributed by atoms with Gasteiger partial charge in [0.25, 0.3) is 11.8 Å². The number of carboxylic acid groups (broad SMARTS) is 1. The van der Waals surface area contributed by atoms with Gasteiger partial charge < -0.3 is 16.2 Å². The molecule has 2 aromatic heterocycles. The molecule has 4 rings (SSSR count). The number of pyridine rings is 1. The highest BCUT2D eigenvalue weighted by Crippen LogP contribution is 2.28. The van der Waals surface area contributed by atoms with E-state index in [0.29, 0.717) is 28.2 Å². The summed E-state index contributed by atoms with van der Waals surface area (Å²) < 4.78 is 18.5. The van der Waals surface area contributed by atoms with Gasteiger partial charge in [0.05, 0.1) is 26.5 Å². The molecular formula is C26H24N6O5S. The number of nitrogens with zero attached hydrogens (tertiary/aromatic N) is 4. The minimum Gasteiger partial charge on any atom is -0.478 e. The summed E-state index contributed by atoms with van der Waals surface area (Å²) in [5.74, 6) is -2.19. The summed E-state index contributed by atoms with van der Waals surface area (Å²) in [4.78, 5) is 41.1. The number of nitrogens with two attached hydrogens (primary N) is 1. The van der Waals surface area contributed by atoms with Crippen molar-refractivity contribution in [1.29, 1.82) is 0 Å². The molecule has 0 aliphatic heterocycles. The second kappa shape index (κ2) is 10.3. The van der Waals surface area contributed by atoms with Gasteiger partial charge in [-0.3, -0.25) is 14.3 Å². The third kappa shape index (κ3) is 5.60. The van der Waals surface area contributed by atoms with Crippen LogP contribution in [0, 0.1) is 6.92 Å². The van der Waals surface area contributed by atoms with E-state index in [1.165, 1.54) is 47.5 Å². The predicted octanol–water partition coefficient (Wildman–Crippen LogP) is 3.62. The van der Waals surface area contributed by atoms with Gasteiger partial charge in [-0.05, 0) is 55.0 Å². The maximum absolute atomic E-state index is 13.2. The first-order valence-electron chi connectivity index (χ1n) is 11.2. The van der Waals surface area contributed by atoms with Crippen molar-refractivity contribution >= 4 is 39.0 Å². The Morgan fingerprint density at radius 1 is 1.05 bits per heavy atom. The fraction of sp³-hybridized carbons (Fsp3) is 0.115. The first kappa shape index (κ1) is 26.2. The van der Waals surface area contributed by atoms with Crippen LogP contribution in [0.2, 0.25) is 0 Å². The fourth-order valence-electron chi connectivity index (χ4n) is 3.73. The van der Waals surface area contributed by atoms with E-state index < -0.39 is 21.6 Å². The Labute approximate surface area is 218 Å². The van der Waals surface area contributed by atoms with Gasteiger partial charge in [-0.25, -0.2) is 14.0 Å². The second-order valence-electron chi connectivity index (χ2n) is 8.52. The lowest BCUT2D eigenvalue weighted by atomic mass is 10.0. The van der Waals surface area contributed by atoms with Crippen molar-refractivity contribution in [3.8, 4) is 11.1 Å². The minimum atomic E-state index is -3.25. The molecule has 0 saturated heterocycles. The van der Waals surface area contributed by atoms with Gasteiger partial charge in [-0.2, -0.15) is 9.46 Å². The van der Waals surface area contributed by atoms with Crippen LogP contribution < -0.4 is 11.1 Å². The van der Waals surface area contributed by atoms with Crippen LogP contribution in [0.4, 0.5) is 11.5 Å². The Kier molecular flexibility index (Phi) is 7.08. The number of hydrogen-bond donors (Lipinski definition) is 3. The molecule has 0 aliphatic carbocycles. The fourth-order valence-corrected chi connectivity index (χ4v) is 4.94. The predicted molar refractivity (Wildman–Crippen MR) is 142 cm³/mol. The number of aryl methyl sites for hydroxylation is 2. The maximum atomic E-state index is 13.2. The van der Waals surface area contributed by atoms with E-state index in [0.717, 1.165) is 0 Å². The number of carbonyl (C=O) groups excluding carboxylic acids is 2. The van der Waals surface area contributed by atoms with Gasteiger partial charge in [-0.15, -0.1) is 0 Å². The molecular weight excluding hydrogens is 508 g/mol. The molecule has 12 heteroatoms. The molecule has 0 saturated carbocycles. The molecule has 1 atom stereocenters. The first-order valence-corrected chi connectivity index (χ1v) is 13.1. The van der Waals surface area contributed by atoms with Crippen LogP contribution in [-0.4, -0.2) is 48.1 Å². The van der Waals surface area contributed by atoms with Crippen LogP contribution in [0.15, 0.2) is 76.1 Å². The molecule has 4 N–H and O–H groups in total. The zero-order chi connectivity index (χ0) is 27.6. The van der Waals surface area contributed by atoms with E-state index in [4.69, 9.17) is 5.73 Å². The summed E-state index contributed by atoms with van der Waals surface area (Å²) in [6, 6.07) is 15.4. The lowest BCUT2D eigenvalue weighted by molar-refractivity contribution is 0.0696. The molecule has 11 nitrogen and oxygen atoms in total. The van der Waals surface area contributed by atoms with Gasteiger partial charge >= 0.3 is 5.97 Å². The van der Waals surface area contributed by atoms with E-state index in [1.807, 2.05) is 0 Å². The standard InChI is InChI=1S/C26H24N6O5S/c1-15-10-22(32(2)30-15)25(34)29-19-8-4-6-16(11-19)21-13-18(14-28-23(21)27)24(33)31-38(3,37)20-9-5-7-17(12-20)26(35)36/h4-14H,1-3H3,(H2,27,28)(H,29,34)(H,35,36). The Morgan fingerprint density at radius 3 is 2.47 bits per heavy atom. The average Bonchev–Trinajstić information content (AvgIpc) is 3.22. The maximum Gasteiger partial charge on any atom is 0.335 e. The van der Waals surface area contributed by atoms with Crippen LogP contribution in [0.1, 0.15) is 36.9 Å². The SMILES string of the molecule is Cc1cc(C(=O)Nc2cccc(-c3cc(C(=O)N=S(C)(=O)c4cccc(C(=O)O)c4)cnc3N)c2)n(C)n1. The molecule has 2 aromatic carbocycles. The number of carboxylic acids is 1. The van der Waals surface area contributed by atoms with Crippen molar-refractivity contribution in [1.82, 2.24) is 14.8 Å². The van der Waals surface area contributed by atoms with E-state index in [-0.39, 0.29) is 27.7 Å². The molecule has 194 valence electrons. The van der Waals surface area contributed by atoms with Crippen molar-refractivity contribution in [3.63, 3.8) is 0 Å². The van der Waals surface area contributed by atoms with Gasteiger partial charge in [0, 0.05) is 35.6 Å². The number of nitrogen functional groups attached to an aromatic ring is 1. The molecule has 0 fully saturated rings. The topological polar surface area (TPSA) is 170 Å².